The molecule has 8 heteroatoms. The molecule has 0 spiro atoms. The minimum Gasteiger partial charge on any atom is -0.354 e. The molecule has 0 saturated carbocycles. The van der Waals surface area contributed by atoms with Crippen LogP contribution in [0.2, 0.25) is 0 Å². The van der Waals surface area contributed by atoms with Crippen LogP contribution in [0.4, 0.5) is 5.69 Å². The highest BCUT2D eigenvalue weighted by atomic mass is 32.2. The third kappa shape index (κ3) is 7.30. The van der Waals surface area contributed by atoms with Gasteiger partial charge in [-0.05, 0) is 75.4 Å². The maximum absolute atomic E-state index is 14.1. The lowest BCUT2D eigenvalue weighted by Crippen LogP contribution is -2.52. The van der Waals surface area contributed by atoms with Crippen LogP contribution in [0.1, 0.15) is 54.5 Å². The minimum atomic E-state index is -4.10. The number of benzene rings is 3. The number of anilines is 1. The van der Waals surface area contributed by atoms with Gasteiger partial charge in [0.05, 0.1) is 10.6 Å². The second-order valence-electron chi connectivity index (χ2n) is 10.3. The van der Waals surface area contributed by atoms with E-state index < -0.39 is 28.5 Å². The van der Waals surface area contributed by atoms with Crippen molar-refractivity contribution in [2.45, 2.75) is 71.9 Å². The van der Waals surface area contributed by atoms with E-state index in [1.165, 1.54) is 9.21 Å². The Morgan fingerprint density at radius 2 is 1.45 bits per heavy atom. The van der Waals surface area contributed by atoms with E-state index >= 15 is 0 Å². The van der Waals surface area contributed by atoms with Gasteiger partial charge in [0, 0.05) is 13.1 Å². The molecule has 0 heterocycles. The Labute approximate surface area is 239 Å². The van der Waals surface area contributed by atoms with Crippen molar-refractivity contribution in [1.29, 1.82) is 0 Å². The normalized spacial score (nSPS) is 12.1. The molecule has 3 aromatic carbocycles. The second-order valence-corrected chi connectivity index (χ2v) is 12.1. The number of hydrogen-bond acceptors (Lipinski definition) is 4. The summed E-state index contributed by atoms with van der Waals surface area (Å²) in [6.45, 7) is 11.7. The van der Waals surface area contributed by atoms with E-state index in [2.05, 4.69) is 5.32 Å². The molecule has 0 saturated heterocycles. The molecule has 7 nitrogen and oxygen atoms in total. The zero-order chi connectivity index (χ0) is 29.4. The van der Waals surface area contributed by atoms with E-state index in [9.17, 15) is 18.0 Å². The van der Waals surface area contributed by atoms with Crippen molar-refractivity contribution in [1.82, 2.24) is 10.2 Å². The number of amides is 2. The van der Waals surface area contributed by atoms with Crippen molar-refractivity contribution in [3.8, 4) is 0 Å². The smallest absolute Gasteiger partial charge is 0.264 e. The minimum absolute atomic E-state index is 0.102. The molecule has 1 N–H and O–H groups in total. The number of carbonyl (C=O) groups is 2. The van der Waals surface area contributed by atoms with Crippen LogP contribution in [-0.4, -0.2) is 44.3 Å². The van der Waals surface area contributed by atoms with Crippen LogP contribution in [0.25, 0.3) is 0 Å². The van der Waals surface area contributed by atoms with Gasteiger partial charge < -0.3 is 10.2 Å². The number of carbonyl (C=O) groups excluding carboxylic acids is 2. The Kier molecular flexibility index (Phi) is 10.5. The van der Waals surface area contributed by atoms with Crippen LogP contribution in [0.5, 0.6) is 0 Å². The van der Waals surface area contributed by atoms with Crippen molar-refractivity contribution >= 4 is 27.5 Å². The summed E-state index contributed by atoms with van der Waals surface area (Å²) in [5.74, 6) is -0.694. The molecular weight excluding hydrogens is 522 g/mol. The summed E-state index contributed by atoms with van der Waals surface area (Å²) in [5, 5.41) is 2.91. The number of nitrogens with one attached hydrogen (secondary N) is 1. The fourth-order valence-electron chi connectivity index (χ4n) is 4.53. The lowest BCUT2D eigenvalue weighted by atomic mass is 10.1. The maximum Gasteiger partial charge on any atom is 0.264 e. The van der Waals surface area contributed by atoms with E-state index in [1.807, 2.05) is 71.9 Å². The monoisotopic (exact) mass is 563 g/mol. The van der Waals surface area contributed by atoms with Gasteiger partial charge >= 0.3 is 0 Å². The summed E-state index contributed by atoms with van der Waals surface area (Å²) in [6.07, 6.45) is 1.16. The molecule has 0 aliphatic heterocycles. The molecule has 0 bridgehead atoms. The average molecular weight is 564 g/mol. The number of aryl methyl sites for hydroxylation is 3. The third-order valence-corrected chi connectivity index (χ3v) is 8.92. The van der Waals surface area contributed by atoms with Gasteiger partial charge in [0.15, 0.2) is 0 Å². The molecule has 40 heavy (non-hydrogen) atoms. The molecule has 3 rings (SSSR count). The van der Waals surface area contributed by atoms with Gasteiger partial charge in [-0.15, -0.1) is 0 Å². The predicted octanol–water partition coefficient (Wildman–Crippen LogP) is 5.45. The first kappa shape index (κ1) is 30.9. The standard InChI is InChI=1S/C32H41N3O4S/c1-7-20-33-32(37)29(8-2)34(21-27-16-12-23(3)13-17-27)31(36)22-35(30-11-9-10-25(5)26(30)6)40(38,39)28-18-14-24(4)15-19-28/h9-19,29H,7-8,20-22H2,1-6H3,(H,33,37)/t29-/m0/s1. The molecule has 0 fully saturated rings. The van der Waals surface area contributed by atoms with Crippen LogP contribution in [0.15, 0.2) is 71.6 Å². The topological polar surface area (TPSA) is 86.8 Å². The van der Waals surface area contributed by atoms with Crippen molar-refractivity contribution in [3.05, 3.63) is 94.5 Å². The first-order valence-corrected chi connectivity index (χ1v) is 15.2. The van der Waals surface area contributed by atoms with Crippen LogP contribution in [0.3, 0.4) is 0 Å². The predicted molar refractivity (Wildman–Crippen MR) is 161 cm³/mol. The van der Waals surface area contributed by atoms with Gasteiger partial charge in [-0.2, -0.15) is 0 Å². The Morgan fingerprint density at radius 1 is 0.850 bits per heavy atom. The third-order valence-electron chi connectivity index (χ3n) is 7.14. The molecule has 0 aliphatic rings. The number of hydrogen-bond donors (Lipinski definition) is 1. The fourth-order valence-corrected chi connectivity index (χ4v) is 6.00. The van der Waals surface area contributed by atoms with Crippen LogP contribution in [-0.2, 0) is 26.2 Å². The second kappa shape index (κ2) is 13.6. The Hall–Kier alpha value is -3.65. The zero-order valence-corrected chi connectivity index (χ0v) is 25.2. The average Bonchev–Trinajstić information content (AvgIpc) is 2.93. The molecule has 0 unspecified atom stereocenters. The van der Waals surface area contributed by atoms with Gasteiger partial charge in [-0.1, -0.05) is 73.5 Å². The highest BCUT2D eigenvalue weighted by Gasteiger charge is 2.34. The van der Waals surface area contributed by atoms with Crippen LogP contribution in [0, 0.1) is 27.7 Å². The summed E-state index contributed by atoms with van der Waals surface area (Å²) in [4.78, 5) is 29.0. The zero-order valence-electron chi connectivity index (χ0n) is 24.4. The first-order chi connectivity index (χ1) is 19.0. The van der Waals surface area contributed by atoms with Crippen molar-refractivity contribution in [2.24, 2.45) is 0 Å². The lowest BCUT2D eigenvalue weighted by Gasteiger charge is -2.33. The highest BCUT2D eigenvalue weighted by Crippen LogP contribution is 2.29. The number of sulfonamides is 1. The first-order valence-electron chi connectivity index (χ1n) is 13.8. The van der Waals surface area contributed by atoms with E-state index in [0.717, 1.165) is 34.2 Å². The van der Waals surface area contributed by atoms with Crippen LogP contribution < -0.4 is 9.62 Å². The summed E-state index contributed by atoms with van der Waals surface area (Å²) in [6, 6.07) is 19.0. The van der Waals surface area contributed by atoms with E-state index in [-0.39, 0.29) is 17.3 Å². The maximum atomic E-state index is 14.1. The molecule has 2 amide bonds. The summed E-state index contributed by atoms with van der Waals surface area (Å²) in [5.41, 5.74) is 4.99. The molecule has 1 atom stereocenters. The molecule has 0 radical (unpaired) electrons. The van der Waals surface area contributed by atoms with Crippen LogP contribution >= 0.6 is 0 Å². The number of rotatable bonds is 12. The van der Waals surface area contributed by atoms with Crippen molar-refractivity contribution in [2.75, 3.05) is 17.4 Å². The van der Waals surface area contributed by atoms with Crippen molar-refractivity contribution in [3.63, 3.8) is 0 Å². The van der Waals surface area contributed by atoms with E-state index in [0.29, 0.717) is 18.7 Å². The summed E-state index contributed by atoms with van der Waals surface area (Å²) in [7, 11) is -4.10. The summed E-state index contributed by atoms with van der Waals surface area (Å²) < 4.78 is 29.3. The Morgan fingerprint density at radius 3 is 2.02 bits per heavy atom. The van der Waals surface area contributed by atoms with Gasteiger partial charge in [-0.3, -0.25) is 13.9 Å². The fraction of sp³-hybridized carbons (Fsp3) is 0.375. The number of nitrogens with zero attached hydrogens (tertiary/aromatic N) is 2. The lowest BCUT2D eigenvalue weighted by molar-refractivity contribution is -0.140. The Bertz CT molecular complexity index is 1420. The molecule has 3 aromatic rings. The molecular formula is C32H41N3O4S. The quantitative estimate of drug-likeness (QED) is 0.318. The molecule has 214 valence electrons. The van der Waals surface area contributed by atoms with Gasteiger partial charge in [0.25, 0.3) is 10.0 Å². The SMILES string of the molecule is CCCNC(=O)[C@H](CC)N(Cc1ccc(C)cc1)C(=O)CN(c1cccc(C)c1C)S(=O)(=O)c1ccc(C)cc1. The van der Waals surface area contributed by atoms with Gasteiger partial charge in [-0.25, -0.2) is 8.42 Å². The Balaban J connectivity index is 2.09. The summed E-state index contributed by atoms with van der Waals surface area (Å²) >= 11 is 0. The van der Waals surface area contributed by atoms with Crippen molar-refractivity contribution < 1.29 is 18.0 Å². The van der Waals surface area contributed by atoms with Gasteiger partial charge in [0.1, 0.15) is 12.6 Å². The van der Waals surface area contributed by atoms with Gasteiger partial charge in [0.2, 0.25) is 11.8 Å². The van der Waals surface area contributed by atoms with E-state index in [1.54, 1.807) is 36.4 Å². The van der Waals surface area contributed by atoms with E-state index in [4.69, 9.17) is 0 Å². The molecule has 0 aliphatic carbocycles. The largest absolute Gasteiger partial charge is 0.354 e. The molecule has 0 aromatic heterocycles. The highest BCUT2D eigenvalue weighted by molar-refractivity contribution is 7.92.